The Bertz CT molecular complexity index is 949. The number of nitrogens with one attached hydrogen (secondary N) is 4. The van der Waals surface area contributed by atoms with Crippen LogP contribution in [0, 0.1) is 6.92 Å². The summed E-state index contributed by atoms with van der Waals surface area (Å²) < 4.78 is 0. The molecule has 0 radical (unpaired) electrons. The first-order valence-corrected chi connectivity index (χ1v) is 9.80. The Morgan fingerprint density at radius 3 is 2.59 bits per heavy atom. The minimum absolute atomic E-state index is 0. The largest absolute Gasteiger partial charge is 0.367 e. The van der Waals surface area contributed by atoms with Crippen LogP contribution in [-0.4, -0.2) is 38.3 Å². The number of hydrogen-bond donors (Lipinski definition) is 4. The second kappa shape index (κ2) is 9.15. The number of aromatic amines is 1. The van der Waals surface area contributed by atoms with E-state index in [2.05, 4.69) is 37.2 Å². The summed E-state index contributed by atoms with van der Waals surface area (Å²) in [5.41, 5.74) is 1.94. The molecule has 5 rings (SSSR count). The van der Waals surface area contributed by atoms with Crippen molar-refractivity contribution in [2.24, 2.45) is 0 Å². The monoisotopic (exact) mass is 435 g/mol. The number of halogens is 2. The fourth-order valence-corrected chi connectivity index (χ4v) is 4.44. The average Bonchev–Trinajstić information content (AvgIpc) is 3.06. The zero-order chi connectivity index (χ0) is 18.2. The normalized spacial score (nSPS) is 23.0. The van der Waals surface area contributed by atoms with Crippen molar-refractivity contribution in [1.82, 2.24) is 25.5 Å². The maximum absolute atomic E-state index is 4.86. The van der Waals surface area contributed by atoms with E-state index >= 15 is 0 Å². The highest BCUT2D eigenvalue weighted by atomic mass is 35.5. The molecule has 1 unspecified atom stereocenters. The molecule has 4 N–H and O–H groups in total. The van der Waals surface area contributed by atoms with Gasteiger partial charge in [0.05, 0.1) is 5.52 Å². The van der Waals surface area contributed by atoms with Crippen LogP contribution in [0.15, 0.2) is 30.5 Å². The Morgan fingerprint density at radius 1 is 1.07 bits per heavy atom. The van der Waals surface area contributed by atoms with Gasteiger partial charge in [0.15, 0.2) is 5.82 Å². The molecule has 29 heavy (non-hydrogen) atoms. The van der Waals surface area contributed by atoms with Gasteiger partial charge >= 0.3 is 0 Å². The molecular weight excluding hydrogens is 409 g/mol. The SMILES string of the molecule is Cc1cc(Nc2cc3ncccc3c(NC3C[C@H]4CCC[C@@H](C3)N4)n2)n[nH]1.Cl.Cl. The number of aromatic nitrogens is 4. The van der Waals surface area contributed by atoms with Crippen LogP contribution in [0.1, 0.15) is 37.8 Å². The van der Waals surface area contributed by atoms with Crippen molar-refractivity contribution >= 4 is 53.2 Å². The summed E-state index contributed by atoms with van der Waals surface area (Å²) in [7, 11) is 0. The van der Waals surface area contributed by atoms with Crippen LogP contribution < -0.4 is 16.0 Å². The molecule has 2 aliphatic heterocycles. The molecule has 0 amide bonds. The van der Waals surface area contributed by atoms with Gasteiger partial charge in [0.25, 0.3) is 0 Å². The Morgan fingerprint density at radius 2 is 1.86 bits per heavy atom. The summed E-state index contributed by atoms with van der Waals surface area (Å²) >= 11 is 0. The molecule has 3 atom stereocenters. The first-order valence-electron chi connectivity index (χ1n) is 9.80. The molecule has 3 aromatic rings. The van der Waals surface area contributed by atoms with Crippen molar-refractivity contribution in [3.63, 3.8) is 0 Å². The number of anilines is 3. The molecule has 0 spiro atoms. The number of piperidine rings is 2. The number of pyridine rings is 2. The van der Waals surface area contributed by atoms with Gasteiger partial charge in [0, 0.05) is 47.5 Å². The molecule has 5 heterocycles. The molecule has 0 aliphatic carbocycles. The smallest absolute Gasteiger partial charge is 0.153 e. The number of H-pyrrole nitrogens is 1. The minimum Gasteiger partial charge on any atom is -0.367 e. The van der Waals surface area contributed by atoms with Crippen molar-refractivity contribution in [1.29, 1.82) is 0 Å². The lowest BCUT2D eigenvalue weighted by molar-refractivity contribution is 0.230. The molecule has 7 nitrogen and oxygen atoms in total. The van der Waals surface area contributed by atoms with Crippen LogP contribution in [-0.2, 0) is 0 Å². The molecule has 0 saturated carbocycles. The number of nitrogens with zero attached hydrogens (tertiary/aromatic N) is 3. The van der Waals surface area contributed by atoms with E-state index in [1.165, 1.54) is 19.3 Å². The average molecular weight is 436 g/mol. The summed E-state index contributed by atoms with van der Waals surface area (Å²) in [6.07, 6.45) is 8.04. The first-order chi connectivity index (χ1) is 13.2. The van der Waals surface area contributed by atoms with E-state index in [-0.39, 0.29) is 24.8 Å². The lowest BCUT2D eigenvalue weighted by atomic mass is 9.84. The van der Waals surface area contributed by atoms with Gasteiger partial charge in [-0.05, 0) is 44.7 Å². The third-order valence-corrected chi connectivity index (χ3v) is 5.62. The molecule has 2 fully saturated rings. The van der Waals surface area contributed by atoms with E-state index in [1.54, 1.807) is 0 Å². The highest BCUT2D eigenvalue weighted by Gasteiger charge is 2.31. The van der Waals surface area contributed by atoms with Gasteiger partial charge in [0.1, 0.15) is 11.6 Å². The van der Waals surface area contributed by atoms with E-state index in [0.717, 1.165) is 46.9 Å². The quantitative estimate of drug-likeness (QED) is 0.487. The number of hydrogen-bond acceptors (Lipinski definition) is 6. The molecule has 2 aliphatic rings. The van der Waals surface area contributed by atoms with E-state index in [4.69, 9.17) is 4.98 Å². The van der Waals surface area contributed by atoms with Crippen LogP contribution in [0.5, 0.6) is 0 Å². The number of aryl methyl sites for hydroxylation is 1. The van der Waals surface area contributed by atoms with Crippen molar-refractivity contribution in [3.8, 4) is 0 Å². The topological polar surface area (TPSA) is 90.6 Å². The predicted octanol–water partition coefficient (Wildman–Crippen LogP) is 4.33. The van der Waals surface area contributed by atoms with E-state index in [9.17, 15) is 0 Å². The van der Waals surface area contributed by atoms with E-state index in [1.807, 2.05) is 31.3 Å². The fourth-order valence-electron chi connectivity index (χ4n) is 4.44. The molecular formula is C20H27Cl2N7. The summed E-state index contributed by atoms with van der Waals surface area (Å²) in [6, 6.07) is 9.70. The Balaban J connectivity index is 0.00000120. The summed E-state index contributed by atoms with van der Waals surface area (Å²) in [5, 5.41) is 19.0. The lowest BCUT2D eigenvalue weighted by Crippen LogP contribution is -2.52. The van der Waals surface area contributed by atoms with Crippen molar-refractivity contribution in [3.05, 3.63) is 36.2 Å². The molecule has 9 heteroatoms. The lowest BCUT2D eigenvalue weighted by Gasteiger charge is -2.40. The Kier molecular flexibility index (Phi) is 6.82. The summed E-state index contributed by atoms with van der Waals surface area (Å²) in [6.45, 7) is 1.98. The van der Waals surface area contributed by atoms with Gasteiger partial charge in [-0.15, -0.1) is 24.8 Å². The van der Waals surface area contributed by atoms with E-state index < -0.39 is 0 Å². The zero-order valence-electron chi connectivity index (χ0n) is 16.3. The maximum atomic E-state index is 4.86. The third kappa shape index (κ3) is 4.74. The summed E-state index contributed by atoms with van der Waals surface area (Å²) in [4.78, 5) is 9.40. The molecule has 0 aromatic carbocycles. The predicted molar refractivity (Wildman–Crippen MR) is 122 cm³/mol. The van der Waals surface area contributed by atoms with Crippen molar-refractivity contribution in [2.75, 3.05) is 10.6 Å². The van der Waals surface area contributed by atoms with Crippen molar-refractivity contribution < 1.29 is 0 Å². The van der Waals surface area contributed by atoms with Crippen LogP contribution in [0.3, 0.4) is 0 Å². The second-order valence-corrected chi connectivity index (χ2v) is 7.79. The van der Waals surface area contributed by atoms with E-state index in [0.29, 0.717) is 18.1 Å². The van der Waals surface area contributed by atoms with Gasteiger partial charge in [-0.1, -0.05) is 6.42 Å². The highest BCUT2D eigenvalue weighted by Crippen LogP contribution is 2.30. The third-order valence-electron chi connectivity index (χ3n) is 5.62. The fraction of sp³-hybridized carbons (Fsp3) is 0.450. The van der Waals surface area contributed by atoms with Gasteiger partial charge in [-0.3, -0.25) is 10.1 Å². The molecule has 3 aromatic heterocycles. The van der Waals surface area contributed by atoms with Crippen LogP contribution in [0.25, 0.3) is 10.9 Å². The maximum Gasteiger partial charge on any atom is 0.153 e. The highest BCUT2D eigenvalue weighted by molar-refractivity contribution is 5.91. The molecule has 2 bridgehead atoms. The van der Waals surface area contributed by atoms with Crippen LogP contribution in [0.4, 0.5) is 17.5 Å². The second-order valence-electron chi connectivity index (χ2n) is 7.79. The standard InChI is InChI=1S/C20H25N7.2ClH/c1-12-8-19(27-26-12)24-18-11-17-16(6-3-7-21-17)20(25-18)23-15-9-13-4-2-5-14(10-15)22-13;;/h3,6-8,11,13-15,22H,2,4-5,9-10H2,1H3,(H3,23,24,25,26,27);2*1H/t13-,14+,15?;;. The molecule has 156 valence electrons. The van der Waals surface area contributed by atoms with Gasteiger partial charge in [-0.25, -0.2) is 4.98 Å². The number of fused-ring (bicyclic) bond motifs is 3. The summed E-state index contributed by atoms with van der Waals surface area (Å²) in [5.74, 6) is 2.42. The molecule has 2 saturated heterocycles. The van der Waals surface area contributed by atoms with Crippen LogP contribution >= 0.6 is 24.8 Å². The minimum atomic E-state index is 0. The first kappa shape index (κ1) is 21.6. The zero-order valence-corrected chi connectivity index (χ0v) is 17.9. The van der Waals surface area contributed by atoms with Crippen molar-refractivity contribution in [2.45, 2.75) is 57.2 Å². The van der Waals surface area contributed by atoms with Gasteiger partial charge in [-0.2, -0.15) is 5.10 Å². The van der Waals surface area contributed by atoms with Gasteiger partial charge in [0.2, 0.25) is 0 Å². The Labute approximate surface area is 182 Å². The van der Waals surface area contributed by atoms with Crippen LogP contribution in [0.2, 0.25) is 0 Å². The van der Waals surface area contributed by atoms with Gasteiger partial charge < -0.3 is 16.0 Å². The Hall–Kier alpha value is -2.09. The number of rotatable bonds is 4.